The number of benzene rings is 1. The Kier molecular flexibility index (Phi) is 6.62. The predicted octanol–water partition coefficient (Wildman–Crippen LogP) is 3.97. The average Bonchev–Trinajstić information content (AvgIpc) is 3.40. The number of piperidine rings is 1. The molecule has 1 aromatic carbocycles. The van der Waals surface area contributed by atoms with E-state index in [0.29, 0.717) is 17.9 Å². The van der Waals surface area contributed by atoms with Gasteiger partial charge in [0.05, 0.1) is 24.4 Å². The number of carbonyl (C=O) groups is 2. The highest BCUT2D eigenvalue weighted by Gasteiger charge is 2.85. The van der Waals surface area contributed by atoms with E-state index in [1.807, 2.05) is 44.6 Å². The molecule has 1 spiro atoms. The molecule has 0 N–H and O–H groups in total. The molecule has 1 heterocycles. The third-order valence-electron chi connectivity index (χ3n) is 12.7. The van der Waals surface area contributed by atoms with Crippen LogP contribution in [-0.4, -0.2) is 87.8 Å². The first-order valence-electron chi connectivity index (χ1n) is 15.6. The standard InChI is InChI=1S/C33H45NO7/c1-6-34-17-31(18-37-3)13-12-26(39-5)33-22-14-21-24(38-4)16-32(23(29(33)34)15-25(31)33,27(22)28(21)40-19(2)35)41-30(36)20-10-8-7-9-11-20/h7-11,21-29H,6,12-18H2,1-5H3. The van der Waals surface area contributed by atoms with Crippen LogP contribution in [0.1, 0.15) is 56.3 Å². The number of hydrogen-bond donors (Lipinski definition) is 0. The topological polar surface area (TPSA) is 83.5 Å². The molecule has 0 aromatic heterocycles. The summed E-state index contributed by atoms with van der Waals surface area (Å²) in [6.45, 7) is 6.39. The molecule has 7 bridgehead atoms. The van der Waals surface area contributed by atoms with Crippen LogP contribution in [0.15, 0.2) is 30.3 Å². The van der Waals surface area contributed by atoms with Gasteiger partial charge in [0.2, 0.25) is 0 Å². The van der Waals surface area contributed by atoms with Crippen LogP contribution in [0.4, 0.5) is 0 Å². The molecule has 41 heavy (non-hydrogen) atoms. The van der Waals surface area contributed by atoms with Gasteiger partial charge in [0.1, 0.15) is 11.7 Å². The maximum absolute atomic E-state index is 14.0. The van der Waals surface area contributed by atoms with Crippen molar-refractivity contribution in [2.45, 2.75) is 75.9 Å². The quantitative estimate of drug-likeness (QED) is 0.437. The van der Waals surface area contributed by atoms with Crippen molar-refractivity contribution in [2.75, 3.05) is 41.0 Å². The molecular weight excluding hydrogens is 522 g/mol. The zero-order valence-corrected chi connectivity index (χ0v) is 25.0. The molecule has 6 aliphatic rings. The van der Waals surface area contributed by atoms with Gasteiger partial charge < -0.3 is 23.7 Å². The number of fused-ring (bicyclic) bond motifs is 2. The van der Waals surface area contributed by atoms with E-state index in [4.69, 9.17) is 23.7 Å². The Bertz CT molecular complexity index is 1190. The van der Waals surface area contributed by atoms with E-state index in [2.05, 4.69) is 11.8 Å². The van der Waals surface area contributed by atoms with Crippen molar-refractivity contribution < 1.29 is 33.3 Å². The maximum atomic E-state index is 14.0. The molecular formula is C33H45NO7. The fourth-order valence-corrected chi connectivity index (χ4v) is 11.9. The molecule has 1 aliphatic heterocycles. The largest absolute Gasteiger partial charge is 0.462 e. The van der Waals surface area contributed by atoms with Crippen LogP contribution in [0.25, 0.3) is 0 Å². The van der Waals surface area contributed by atoms with Crippen LogP contribution in [0.3, 0.4) is 0 Å². The predicted molar refractivity (Wildman–Crippen MR) is 150 cm³/mol. The molecule has 12 atom stereocenters. The van der Waals surface area contributed by atoms with E-state index in [9.17, 15) is 9.59 Å². The molecule has 5 saturated carbocycles. The van der Waals surface area contributed by atoms with Gasteiger partial charge >= 0.3 is 11.9 Å². The summed E-state index contributed by atoms with van der Waals surface area (Å²) in [6.07, 6.45) is 4.09. The summed E-state index contributed by atoms with van der Waals surface area (Å²) < 4.78 is 31.9. The van der Waals surface area contributed by atoms with Gasteiger partial charge in [-0.25, -0.2) is 4.79 Å². The molecule has 8 nitrogen and oxygen atoms in total. The summed E-state index contributed by atoms with van der Waals surface area (Å²) in [5.74, 6) is -0.00261. The lowest BCUT2D eigenvalue weighted by Gasteiger charge is -2.69. The Labute approximate surface area is 243 Å². The first-order chi connectivity index (χ1) is 19.8. The Morgan fingerprint density at radius 3 is 2.49 bits per heavy atom. The van der Waals surface area contributed by atoms with Crippen molar-refractivity contribution in [1.29, 1.82) is 0 Å². The second kappa shape index (κ2) is 9.76. The van der Waals surface area contributed by atoms with Gasteiger partial charge in [0.15, 0.2) is 0 Å². The van der Waals surface area contributed by atoms with Crippen molar-refractivity contribution in [3.63, 3.8) is 0 Å². The van der Waals surface area contributed by atoms with Crippen molar-refractivity contribution in [3.05, 3.63) is 35.9 Å². The number of nitrogens with zero attached hydrogens (tertiary/aromatic N) is 1. The first kappa shape index (κ1) is 27.8. The fraction of sp³-hybridized carbons (Fsp3) is 0.758. The third kappa shape index (κ3) is 3.48. The highest BCUT2D eigenvalue weighted by Crippen LogP contribution is 2.80. The molecule has 1 aromatic rings. The minimum absolute atomic E-state index is 0.0178. The number of carbonyl (C=O) groups excluding carboxylic acids is 2. The maximum Gasteiger partial charge on any atom is 0.338 e. The normalized spacial score (nSPS) is 47.2. The molecule has 6 fully saturated rings. The first-order valence-corrected chi connectivity index (χ1v) is 15.6. The monoisotopic (exact) mass is 567 g/mol. The highest BCUT2D eigenvalue weighted by molar-refractivity contribution is 5.89. The van der Waals surface area contributed by atoms with Gasteiger partial charge in [-0.1, -0.05) is 25.1 Å². The highest BCUT2D eigenvalue weighted by atomic mass is 16.6. The molecule has 0 radical (unpaired) electrons. The molecule has 5 aliphatic carbocycles. The van der Waals surface area contributed by atoms with E-state index in [0.717, 1.165) is 45.4 Å². The number of methoxy groups -OCH3 is 3. The number of likely N-dealkylation sites (tertiary alicyclic amines) is 1. The summed E-state index contributed by atoms with van der Waals surface area (Å²) in [6, 6.07) is 9.53. The SMILES string of the molecule is CCN1CC2(COC)CCC(OC)C34C5CC6C(OC)CC(OC(=O)c7ccccc7)(C(CC23)C14)C5C6OC(C)=O. The van der Waals surface area contributed by atoms with Crippen LogP contribution in [0.5, 0.6) is 0 Å². The summed E-state index contributed by atoms with van der Waals surface area (Å²) in [4.78, 5) is 29.3. The Morgan fingerprint density at radius 2 is 1.83 bits per heavy atom. The van der Waals surface area contributed by atoms with Gasteiger partial charge in [0, 0.05) is 75.8 Å². The third-order valence-corrected chi connectivity index (χ3v) is 12.7. The van der Waals surface area contributed by atoms with Gasteiger partial charge in [-0.05, 0) is 56.2 Å². The van der Waals surface area contributed by atoms with E-state index in [1.54, 1.807) is 7.11 Å². The van der Waals surface area contributed by atoms with E-state index in [1.165, 1.54) is 6.92 Å². The molecule has 1 saturated heterocycles. The minimum atomic E-state index is -0.812. The fourth-order valence-electron chi connectivity index (χ4n) is 11.9. The molecule has 0 amide bonds. The van der Waals surface area contributed by atoms with Gasteiger partial charge in [0.25, 0.3) is 0 Å². The smallest absolute Gasteiger partial charge is 0.338 e. The van der Waals surface area contributed by atoms with Crippen LogP contribution >= 0.6 is 0 Å². The van der Waals surface area contributed by atoms with Crippen molar-refractivity contribution in [2.24, 2.45) is 40.4 Å². The average molecular weight is 568 g/mol. The lowest BCUT2D eigenvalue weighted by atomic mass is 9.43. The molecule has 12 unspecified atom stereocenters. The Balaban J connectivity index is 1.45. The number of ether oxygens (including phenoxy) is 5. The van der Waals surface area contributed by atoms with E-state index in [-0.39, 0.29) is 70.8 Å². The molecule has 224 valence electrons. The zero-order valence-electron chi connectivity index (χ0n) is 25.0. The van der Waals surface area contributed by atoms with Crippen molar-refractivity contribution in [3.8, 4) is 0 Å². The van der Waals surface area contributed by atoms with Gasteiger partial charge in [-0.15, -0.1) is 0 Å². The summed E-state index contributed by atoms with van der Waals surface area (Å²) in [7, 11) is 5.46. The Hall–Kier alpha value is -2.00. The van der Waals surface area contributed by atoms with Crippen LogP contribution in [0, 0.1) is 40.4 Å². The summed E-state index contributed by atoms with van der Waals surface area (Å²) in [5, 5.41) is 0. The number of rotatable bonds is 8. The minimum Gasteiger partial charge on any atom is -0.462 e. The Morgan fingerprint density at radius 1 is 1.05 bits per heavy atom. The number of esters is 2. The lowest BCUT2D eigenvalue weighted by molar-refractivity contribution is -0.276. The van der Waals surface area contributed by atoms with Crippen molar-refractivity contribution >= 4 is 11.9 Å². The second-order valence-electron chi connectivity index (χ2n) is 13.8. The molecule has 8 heteroatoms. The van der Waals surface area contributed by atoms with E-state index >= 15 is 0 Å². The van der Waals surface area contributed by atoms with Crippen molar-refractivity contribution in [1.82, 2.24) is 4.90 Å². The second-order valence-corrected chi connectivity index (χ2v) is 13.8. The van der Waals surface area contributed by atoms with Gasteiger partial charge in [-0.3, -0.25) is 9.69 Å². The van der Waals surface area contributed by atoms with Crippen LogP contribution < -0.4 is 0 Å². The molecule has 7 rings (SSSR count). The number of hydrogen-bond acceptors (Lipinski definition) is 8. The van der Waals surface area contributed by atoms with Crippen LogP contribution in [-0.2, 0) is 28.5 Å². The zero-order chi connectivity index (χ0) is 28.7. The van der Waals surface area contributed by atoms with E-state index < -0.39 is 5.60 Å². The van der Waals surface area contributed by atoms with Gasteiger partial charge in [-0.2, -0.15) is 0 Å². The summed E-state index contributed by atoms with van der Waals surface area (Å²) in [5.41, 5.74) is -0.375. The summed E-state index contributed by atoms with van der Waals surface area (Å²) >= 11 is 0. The van der Waals surface area contributed by atoms with Crippen LogP contribution in [0.2, 0.25) is 0 Å². The lowest BCUT2D eigenvalue weighted by Crippen LogP contribution is -2.77.